The molecule has 0 radical (unpaired) electrons. The van der Waals surface area contributed by atoms with Crippen molar-refractivity contribution >= 4 is 22.9 Å². The van der Waals surface area contributed by atoms with Crippen molar-refractivity contribution in [1.29, 1.82) is 0 Å². The molecule has 0 spiro atoms. The molecule has 19 heteroatoms. The standard InChI is InChI=1S/C7H13N3.2C6H10N2O.2C6H10N2S.C5H10N4.CH4/c1-5(2)7-9-8-6(3)10(7)4;1-4(2)6-7-5(3)9-8-6;1-4(2)6-7-5(3)8-9-6;1-4(2)6-8-7-5(3)9-6;1-4(2)6-7-5(3)8-9-6;1-4(2)5-6-7-8-9(5)3;/h5H,1-4H3;5*4H,1-3H3;1H4. The number of tetrazole rings is 1. The van der Waals surface area contributed by atoms with E-state index in [1.54, 1.807) is 22.9 Å². The Morgan fingerprint density at radius 1 is 0.554 bits per heavy atom. The second-order valence-corrected chi connectivity index (χ2v) is 16.4. The lowest BCUT2D eigenvalue weighted by Gasteiger charge is -2.02. The molecule has 0 aliphatic carbocycles. The summed E-state index contributed by atoms with van der Waals surface area (Å²) in [4.78, 5) is 12.3. The smallest absolute Gasteiger partial charge is 0.229 e. The molecule has 0 saturated heterocycles. The van der Waals surface area contributed by atoms with Gasteiger partial charge < -0.3 is 13.6 Å². The van der Waals surface area contributed by atoms with E-state index < -0.39 is 0 Å². The van der Waals surface area contributed by atoms with Crippen molar-refractivity contribution in [2.45, 2.75) is 161 Å². The van der Waals surface area contributed by atoms with Gasteiger partial charge in [-0.1, -0.05) is 101 Å². The van der Waals surface area contributed by atoms with Crippen molar-refractivity contribution < 1.29 is 9.05 Å². The van der Waals surface area contributed by atoms with Crippen LogP contribution in [0.2, 0.25) is 0 Å². The van der Waals surface area contributed by atoms with Crippen LogP contribution in [-0.4, -0.2) is 74.8 Å². The van der Waals surface area contributed by atoms with Gasteiger partial charge in [-0.25, -0.2) is 9.67 Å². The van der Waals surface area contributed by atoms with Crippen LogP contribution >= 0.6 is 22.9 Å². The number of nitrogens with zero attached hydrogens (tertiary/aromatic N) is 15. The molecule has 0 bridgehead atoms. The Kier molecular flexibility index (Phi) is 23.7. The van der Waals surface area contributed by atoms with Crippen LogP contribution in [0.15, 0.2) is 9.05 Å². The molecule has 0 amide bonds. The summed E-state index contributed by atoms with van der Waals surface area (Å²) in [6, 6.07) is 0. The van der Waals surface area contributed by atoms with E-state index in [9.17, 15) is 0 Å². The molecular weight excluding hydrogens is 751 g/mol. The number of aromatic nitrogens is 15. The summed E-state index contributed by atoms with van der Waals surface area (Å²) in [6.45, 7) is 34.4. The zero-order valence-electron chi connectivity index (χ0n) is 36.3. The second-order valence-electron chi connectivity index (χ2n) is 14.4. The first-order valence-electron chi connectivity index (χ1n) is 18.4. The van der Waals surface area contributed by atoms with Gasteiger partial charge in [-0.15, -0.1) is 36.8 Å². The molecule has 17 nitrogen and oxygen atoms in total. The molecule has 6 aromatic rings. The number of aryl methyl sites for hydroxylation is 6. The Labute approximate surface area is 342 Å². The fourth-order valence-corrected chi connectivity index (χ4v) is 5.19. The van der Waals surface area contributed by atoms with Gasteiger partial charge in [-0.3, -0.25) is 0 Å². The molecule has 56 heavy (non-hydrogen) atoms. The summed E-state index contributed by atoms with van der Waals surface area (Å²) in [5.41, 5.74) is 0. The molecule has 6 heterocycles. The van der Waals surface area contributed by atoms with Crippen molar-refractivity contribution in [2.24, 2.45) is 14.1 Å². The van der Waals surface area contributed by atoms with Crippen LogP contribution in [0.5, 0.6) is 0 Å². The molecule has 6 rings (SSSR count). The van der Waals surface area contributed by atoms with Crippen LogP contribution in [-0.2, 0) is 14.1 Å². The van der Waals surface area contributed by atoms with Crippen molar-refractivity contribution in [1.82, 2.24) is 74.8 Å². The monoisotopic (exact) mass is 818 g/mol. The summed E-state index contributed by atoms with van der Waals surface area (Å²) in [5, 5.41) is 37.6. The molecule has 0 atom stereocenters. The quantitative estimate of drug-likeness (QED) is 0.154. The van der Waals surface area contributed by atoms with E-state index in [2.05, 4.69) is 121 Å². The summed E-state index contributed by atoms with van der Waals surface area (Å²) in [5.74, 6) is 9.31. The maximum Gasteiger partial charge on any atom is 0.229 e. The van der Waals surface area contributed by atoms with Crippen molar-refractivity contribution in [2.75, 3.05) is 0 Å². The molecule has 0 N–H and O–H groups in total. The zero-order chi connectivity index (χ0) is 42.0. The van der Waals surface area contributed by atoms with E-state index in [1.165, 1.54) is 11.5 Å². The van der Waals surface area contributed by atoms with Crippen LogP contribution in [0.25, 0.3) is 0 Å². The molecule has 0 fully saturated rings. The fraction of sp³-hybridized carbons (Fsp3) is 0.703. The average molecular weight is 818 g/mol. The zero-order valence-corrected chi connectivity index (χ0v) is 37.9. The van der Waals surface area contributed by atoms with Crippen LogP contribution in [0.3, 0.4) is 0 Å². The van der Waals surface area contributed by atoms with E-state index in [0.29, 0.717) is 53.1 Å². The van der Waals surface area contributed by atoms with Gasteiger partial charge in [0, 0.05) is 56.5 Å². The molecule has 6 aromatic heterocycles. The SMILES string of the molecule is C.CC(C)c1nnnn1C.Cc1nc(C(C)C)no1.Cc1nnc(C(C)C)n1C.Cc1nnc(C(C)C)s1.Cc1noc(C(C)C)n1.Cc1nsc(C(C)C)n1. The third-order valence-electron chi connectivity index (χ3n) is 6.98. The Bertz CT molecular complexity index is 1720. The first-order chi connectivity index (χ1) is 25.6. The summed E-state index contributed by atoms with van der Waals surface area (Å²) in [6.07, 6.45) is 0. The molecule has 0 saturated carbocycles. The van der Waals surface area contributed by atoms with Gasteiger partial charge in [0.25, 0.3) is 0 Å². The van der Waals surface area contributed by atoms with Crippen LogP contribution < -0.4 is 0 Å². The Hall–Kier alpha value is -4.39. The van der Waals surface area contributed by atoms with Gasteiger partial charge in [-0.2, -0.15) is 14.3 Å². The van der Waals surface area contributed by atoms with Gasteiger partial charge >= 0.3 is 0 Å². The molecule has 0 aliphatic heterocycles. The fourth-order valence-electron chi connectivity index (χ4n) is 3.84. The lowest BCUT2D eigenvalue weighted by atomic mass is 10.2. The minimum atomic E-state index is 0. The lowest BCUT2D eigenvalue weighted by Crippen LogP contribution is -2.00. The summed E-state index contributed by atoms with van der Waals surface area (Å²) in [7, 11) is 3.83. The Morgan fingerprint density at radius 2 is 1.16 bits per heavy atom. The van der Waals surface area contributed by atoms with Gasteiger partial charge in [0.2, 0.25) is 11.8 Å². The maximum atomic E-state index is 4.86. The summed E-state index contributed by atoms with van der Waals surface area (Å²) < 4.78 is 17.4. The predicted molar refractivity (Wildman–Crippen MR) is 223 cm³/mol. The van der Waals surface area contributed by atoms with Gasteiger partial charge in [0.15, 0.2) is 17.5 Å². The maximum absolute atomic E-state index is 4.86. The first-order valence-corrected chi connectivity index (χ1v) is 20.0. The average Bonchev–Trinajstić information content (AvgIpc) is 3.95. The van der Waals surface area contributed by atoms with E-state index >= 15 is 0 Å². The van der Waals surface area contributed by atoms with Gasteiger partial charge in [0.05, 0.1) is 0 Å². The van der Waals surface area contributed by atoms with Crippen molar-refractivity contribution in [3.05, 3.63) is 61.8 Å². The van der Waals surface area contributed by atoms with Crippen LogP contribution in [0.1, 0.15) is 188 Å². The molecule has 314 valence electrons. The van der Waals surface area contributed by atoms with E-state index in [1.807, 2.05) is 74.1 Å². The van der Waals surface area contributed by atoms with Crippen LogP contribution in [0, 0.1) is 34.6 Å². The van der Waals surface area contributed by atoms with Gasteiger partial charge in [-0.05, 0) is 49.7 Å². The van der Waals surface area contributed by atoms with E-state index in [0.717, 1.165) is 44.1 Å². The van der Waals surface area contributed by atoms with Crippen LogP contribution in [0.4, 0.5) is 0 Å². The third-order valence-corrected chi connectivity index (χ3v) is 9.23. The normalized spacial score (nSPS) is 10.5. The lowest BCUT2D eigenvalue weighted by molar-refractivity contribution is 0.362. The number of hydrogen-bond donors (Lipinski definition) is 0. The van der Waals surface area contributed by atoms with E-state index in [4.69, 9.17) is 9.05 Å². The second kappa shape index (κ2) is 25.7. The minimum absolute atomic E-state index is 0. The topological polar surface area (TPSA) is 204 Å². The summed E-state index contributed by atoms with van der Waals surface area (Å²) >= 11 is 3.17. The Morgan fingerprint density at radius 3 is 1.38 bits per heavy atom. The van der Waals surface area contributed by atoms with E-state index in [-0.39, 0.29) is 7.43 Å². The minimum Gasteiger partial charge on any atom is -0.340 e. The predicted octanol–water partition coefficient (Wildman–Crippen LogP) is 9.16. The first kappa shape index (κ1) is 51.6. The number of hydrogen-bond acceptors (Lipinski definition) is 17. The molecule has 0 unspecified atom stereocenters. The third kappa shape index (κ3) is 19.0. The largest absolute Gasteiger partial charge is 0.340 e. The highest BCUT2D eigenvalue weighted by atomic mass is 32.1. The van der Waals surface area contributed by atoms with Crippen molar-refractivity contribution in [3.8, 4) is 0 Å². The number of rotatable bonds is 6. The highest BCUT2D eigenvalue weighted by molar-refractivity contribution is 7.11. The highest BCUT2D eigenvalue weighted by Crippen LogP contribution is 2.18. The molecule has 0 aliphatic rings. The molecule has 0 aromatic carbocycles. The van der Waals surface area contributed by atoms with Gasteiger partial charge in [0.1, 0.15) is 32.5 Å². The highest BCUT2D eigenvalue weighted by Gasteiger charge is 2.09. The van der Waals surface area contributed by atoms with Crippen molar-refractivity contribution in [3.63, 3.8) is 0 Å². The molecular formula is C37H67N15O2S2. The Balaban J connectivity index is 0.000000646.